The van der Waals surface area contributed by atoms with E-state index >= 15 is 0 Å². The van der Waals surface area contributed by atoms with Crippen molar-refractivity contribution in [3.05, 3.63) is 40.7 Å². The average molecular weight is 220 g/mol. The van der Waals surface area contributed by atoms with E-state index in [0.717, 1.165) is 10.4 Å². The Morgan fingerprint density at radius 3 is 2.60 bits per heavy atom. The number of hydrogen-bond donors (Lipinski definition) is 0. The molecule has 2 heteroatoms. The zero-order chi connectivity index (χ0) is 11.0. The summed E-state index contributed by atoms with van der Waals surface area (Å²) < 4.78 is 0. The summed E-state index contributed by atoms with van der Waals surface area (Å²) in [5.74, 6) is 0.505. The second-order valence-corrected chi connectivity index (χ2v) is 4.58. The van der Waals surface area contributed by atoms with Gasteiger partial charge in [0.15, 0.2) is 0 Å². The summed E-state index contributed by atoms with van der Waals surface area (Å²) in [6.45, 7) is 6.47. The molecule has 0 radical (unpaired) electrons. The van der Waals surface area contributed by atoms with Gasteiger partial charge in [0.25, 0.3) is 0 Å². The maximum atomic E-state index is 6.17. The maximum Gasteiger partial charge on any atom is 0.0500 e. The molecule has 0 N–H and O–H groups in total. The van der Waals surface area contributed by atoms with E-state index < -0.39 is 0 Å². The van der Waals surface area contributed by atoms with Crippen molar-refractivity contribution in [1.29, 1.82) is 0 Å². The third-order valence-corrected chi connectivity index (χ3v) is 3.04. The number of halogens is 1. The van der Waals surface area contributed by atoms with Crippen LogP contribution >= 0.6 is 11.6 Å². The molecule has 0 spiro atoms. The van der Waals surface area contributed by atoms with Gasteiger partial charge in [-0.25, -0.2) is 0 Å². The first kappa shape index (κ1) is 10.4. The van der Waals surface area contributed by atoms with Crippen molar-refractivity contribution >= 4 is 22.4 Å². The lowest BCUT2D eigenvalue weighted by molar-refractivity contribution is 0.875. The number of hydrogen-bond acceptors (Lipinski definition) is 1. The monoisotopic (exact) mass is 219 g/mol. The molecule has 1 aromatic heterocycles. The van der Waals surface area contributed by atoms with Crippen LogP contribution < -0.4 is 0 Å². The van der Waals surface area contributed by atoms with Gasteiger partial charge < -0.3 is 0 Å². The Hall–Kier alpha value is -1.08. The summed E-state index contributed by atoms with van der Waals surface area (Å²) in [5, 5.41) is 3.10. The third kappa shape index (κ3) is 1.72. The van der Waals surface area contributed by atoms with E-state index in [9.17, 15) is 0 Å². The van der Waals surface area contributed by atoms with Crippen LogP contribution in [0, 0.1) is 6.92 Å². The van der Waals surface area contributed by atoms with Gasteiger partial charge in [0.05, 0.1) is 0 Å². The fourth-order valence-corrected chi connectivity index (χ4v) is 2.15. The van der Waals surface area contributed by atoms with Crippen molar-refractivity contribution in [2.45, 2.75) is 26.7 Å². The normalized spacial score (nSPS) is 11.3. The summed E-state index contributed by atoms with van der Waals surface area (Å²) in [7, 11) is 0. The average Bonchev–Trinajstić information content (AvgIpc) is 2.19. The van der Waals surface area contributed by atoms with Gasteiger partial charge in [0, 0.05) is 22.8 Å². The molecule has 0 atom stereocenters. The second-order valence-electron chi connectivity index (χ2n) is 4.17. The van der Waals surface area contributed by atoms with Gasteiger partial charge >= 0.3 is 0 Å². The van der Waals surface area contributed by atoms with Crippen molar-refractivity contribution in [3.63, 3.8) is 0 Å². The van der Waals surface area contributed by atoms with E-state index in [4.69, 9.17) is 11.6 Å². The van der Waals surface area contributed by atoms with E-state index in [2.05, 4.69) is 31.8 Å². The minimum Gasteiger partial charge on any atom is -0.264 e. The van der Waals surface area contributed by atoms with Crippen LogP contribution in [0.25, 0.3) is 10.8 Å². The van der Waals surface area contributed by atoms with E-state index in [1.54, 1.807) is 0 Å². The first-order chi connectivity index (χ1) is 7.11. The quantitative estimate of drug-likeness (QED) is 0.696. The number of aryl methyl sites for hydroxylation is 1. The third-order valence-electron chi connectivity index (χ3n) is 2.71. The van der Waals surface area contributed by atoms with Crippen LogP contribution in [0.4, 0.5) is 0 Å². The highest BCUT2D eigenvalue weighted by Gasteiger charge is 2.09. The summed E-state index contributed by atoms with van der Waals surface area (Å²) in [5.41, 5.74) is 2.54. The summed E-state index contributed by atoms with van der Waals surface area (Å²) in [6.07, 6.45) is 3.74. The molecule has 0 saturated heterocycles. The molecule has 1 nitrogen and oxygen atoms in total. The van der Waals surface area contributed by atoms with Gasteiger partial charge in [-0.05, 0) is 35.4 Å². The molecule has 0 aliphatic carbocycles. The SMILES string of the molecule is Cc1cncc2c(Cl)ccc(C(C)C)c12. The number of fused-ring (bicyclic) bond motifs is 1. The van der Waals surface area contributed by atoms with Crippen molar-refractivity contribution in [1.82, 2.24) is 4.98 Å². The summed E-state index contributed by atoms with van der Waals surface area (Å²) in [6, 6.07) is 4.07. The number of aromatic nitrogens is 1. The highest BCUT2D eigenvalue weighted by atomic mass is 35.5. The molecule has 2 aromatic rings. The van der Waals surface area contributed by atoms with Crippen LogP contribution in [-0.2, 0) is 0 Å². The van der Waals surface area contributed by atoms with Crippen molar-refractivity contribution < 1.29 is 0 Å². The lowest BCUT2D eigenvalue weighted by atomic mass is 9.95. The zero-order valence-corrected chi connectivity index (χ0v) is 9.97. The molecule has 15 heavy (non-hydrogen) atoms. The number of benzene rings is 1. The van der Waals surface area contributed by atoms with E-state index in [1.165, 1.54) is 16.5 Å². The lowest BCUT2D eigenvalue weighted by Gasteiger charge is -2.12. The molecule has 0 aliphatic heterocycles. The molecule has 1 aromatic carbocycles. The Bertz CT molecular complexity index is 503. The summed E-state index contributed by atoms with van der Waals surface area (Å²) >= 11 is 6.17. The van der Waals surface area contributed by atoms with Crippen LogP contribution in [-0.4, -0.2) is 4.98 Å². The fourth-order valence-electron chi connectivity index (χ4n) is 1.95. The first-order valence-corrected chi connectivity index (χ1v) is 5.51. The van der Waals surface area contributed by atoms with Crippen molar-refractivity contribution in [3.8, 4) is 0 Å². The van der Waals surface area contributed by atoms with Gasteiger partial charge in [0.2, 0.25) is 0 Å². The van der Waals surface area contributed by atoms with Gasteiger partial charge in [-0.1, -0.05) is 31.5 Å². The van der Waals surface area contributed by atoms with Crippen LogP contribution in [0.3, 0.4) is 0 Å². The lowest BCUT2D eigenvalue weighted by Crippen LogP contribution is -1.93. The largest absolute Gasteiger partial charge is 0.264 e. The van der Waals surface area contributed by atoms with E-state index in [-0.39, 0.29) is 0 Å². The van der Waals surface area contributed by atoms with Crippen molar-refractivity contribution in [2.24, 2.45) is 0 Å². The molecule has 0 aliphatic rings. The standard InChI is InChI=1S/C13H14ClN/c1-8(2)10-4-5-12(14)11-7-15-6-9(3)13(10)11/h4-8H,1-3H3. The van der Waals surface area contributed by atoms with Crippen LogP contribution in [0.5, 0.6) is 0 Å². The molecule has 2 rings (SSSR count). The number of rotatable bonds is 1. The van der Waals surface area contributed by atoms with Gasteiger partial charge in [-0.2, -0.15) is 0 Å². The van der Waals surface area contributed by atoms with Crippen LogP contribution in [0.2, 0.25) is 5.02 Å². The minimum absolute atomic E-state index is 0.505. The van der Waals surface area contributed by atoms with Crippen LogP contribution in [0.15, 0.2) is 24.5 Å². The highest BCUT2D eigenvalue weighted by Crippen LogP contribution is 2.31. The Morgan fingerprint density at radius 2 is 1.93 bits per heavy atom. The van der Waals surface area contributed by atoms with E-state index in [1.807, 2.05) is 18.5 Å². The van der Waals surface area contributed by atoms with Gasteiger partial charge in [-0.15, -0.1) is 0 Å². The predicted molar refractivity (Wildman–Crippen MR) is 65.6 cm³/mol. The highest BCUT2D eigenvalue weighted by molar-refractivity contribution is 6.35. The Kier molecular flexibility index (Phi) is 2.66. The predicted octanol–water partition coefficient (Wildman–Crippen LogP) is 4.32. The topological polar surface area (TPSA) is 12.9 Å². The second kappa shape index (κ2) is 3.82. The molecule has 0 amide bonds. The Morgan fingerprint density at radius 1 is 1.20 bits per heavy atom. The molecule has 0 fully saturated rings. The Labute approximate surface area is 95.1 Å². The molecular weight excluding hydrogens is 206 g/mol. The van der Waals surface area contributed by atoms with E-state index in [0.29, 0.717) is 5.92 Å². The molecule has 0 unspecified atom stereocenters. The number of pyridine rings is 1. The summed E-state index contributed by atoms with van der Waals surface area (Å²) in [4.78, 5) is 4.19. The van der Waals surface area contributed by atoms with Crippen LogP contribution in [0.1, 0.15) is 30.9 Å². The molecule has 0 bridgehead atoms. The number of nitrogens with zero attached hydrogens (tertiary/aromatic N) is 1. The zero-order valence-electron chi connectivity index (χ0n) is 9.21. The fraction of sp³-hybridized carbons (Fsp3) is 0.308. The molecule has 78 valence electrons. The molecular formula is C13H14ClN. The van der Waals surface area contributed by atoms with Gasteiger partial charge in [0.1, 0.15) is 0 Å². The maximum absolute atomic E-state index is 6.17. The minimum atomic E-state index is 0.505. The first-order valence-electron chi connectivity index (χ1n) is 5.14. The van der Waals surface area contributed by atoms with Gasteiger partial charge in [-0.3, -0.25) is 4.98 Å². The van der Waals surface area contributed by atoms with Crippen molar-refractivity contribution in [2.75, 3.05) is 0 Å². The molecule has 0 saturated carbocycles. The Balaban J connectivity index is 2.90. The molecule has 1 heterocycles. The smallest absolute Gasteiger partial charge is 0.0500 e.